The monoisotopic (exact) mass is 242 g/mol. The van der Waals surface area contributed by atoms with Crippen molar-refractivity contribution >= 4 is 0 Å². The largest absolute Gasteiger partial charge is 0.504 e. The van der Waals surface area contributed by atoms with Crippen LogP contribution < -0.4 is 5.32 Å². The Labute approximate surface area is 106 Å². The smallest absolute Gasteiger partial charge is 0.157 e. The second-order valence-electron chi connectivity index (χ2n) is 4.70. The molecule has 0 amide bonds. The Morgan fingerprint density at radius 3 is 2.50 bits per heavy atom. The third kappa shape index (κ3) is 1.83. The SMILES string of the molecule is Oc1cc2c(cc1O)[C@H](c1ccccc1)[NH2+]CC2. The second-order valence-corrected chi connectivity index (χ2v) is 4.70. The predicted octanol–water partition coefficient (Wildman–Crippen LogP) is 1.31. The van der Waals surface area contributed by atoms with Gasteiger partial charge in [-0.25, -0.2) is 0 Å². The number of hydrogen-bond acceptors (Lipinski definition) is 2. The van der Waals surface area contributed by atoms with Gasteiger partial charge in [-0.15, -0.1) is 0 Å². The topological polar surface area (TPSA) is 57.1 Å². The predicted molar refractivity (Wildman–Crippen MR) is 68.6 cm³/mol. The van der Waals surface area contributed by atoms with Crippen molar-refractivity contribution in [2.45, 2.75) is 12.5 Å². The van der Waals surface area contributed by atoms with Crippen molar-refractivity contribution < 1.29 is 15.5 Å². The first-order valence-electron chi connectivity index (χ1n) is 6.19. The highest BCUT2D eigenvalue weighted by Crippen LogP contribution is 2.33. The van der Waals surface area contributed by atoms with Gasteiger partial charge in [0.1, 0.15) is 6.04 Å². The molecule has 18 heavy (non-hydrogen) atoms. The second kappa shape index (κ2) is 4.35. The van der Waals surface area contributed by atoms with Gasteiger partial charge in [0.15, 0.2) is 11.5 Å². The number of hydrogen-bond donors (Lipinski definition) is 3. The van der Waals surface area contributed by atoms with Crippen LogP contribution in [0.3, 0.4) is 0 Å². The Bertz CT molecular complexity index is 566. The first-order valence-corrected chi connectivity index (χ1v) is 6.19. The molecule has 0 bridgehead atoms. The number of phenolic OH excluding ortho intramolecular Hbond substituents is 2. The zero-order chi connectivity index (χ0) is 12.5. The van der Waals surface area contributed by atoms with Gasteiger partial charge < -0.3 is 15.5 Å². The molecule has 1 aliphatic heterocycles. The molecule has 0 spiro atoms. The molecule has 3 rings (SSSR count). The van der Waals surface area contributed by atoms with Gasteiger partial charge in [-0.05, 0) is 17.7 Å². The van der Waals surface area contributed by atoms with E-state index in [0.717, 1.165) is 24.1 Å². The van der Waals surface area contributed by atoms with E-state index in [1.165, 1.54) is 5.56 Å². The molecule has 1 heterocycles. The molecule has 0 saturated carbocycles. The van der Waals surface area contributed by atoms with Crippen LogP contribution in [0.2, 0.25) is 0 Å². The van der Waals surface area contributed by atoms with Crippen molar-refractivity contribution in [1.29, 1.82) is 0 Å². The molecule has 2 aromatic carbocycles. The summed E-state index contributed by atoms with van der Waals surface area (Å²) in [6, 6.07) is 13.8. The zero-order valence-electron chi connectivity index (χ0n) is 10.0. The average Bonchev–Trinajstić information content (AvgIpc) is 2.40. The van der Waals surface area contributed by atoms with E-state index in [0.29, 0.717) is 0 Å². The normalized spacial score (nSPS) is 18.3. The minimum atomic E-state index is -0.0371. The standard InChI is InChI=1S/C15H15NO2/c17-13-8-11-6-7-16-15(12(11)9-14(13)18)10-4-2-1-3-5-10/h1-5,8-9,15-18H,6-7H2/p+1/t15-/m0/s1. The molecule has 0 unspecified atom stereocenters. The maximum Gasteiger partial charge on any atom is 0.157 e. The number of phenols is 2. The van der Waals surface area contributed by atoms with Crippen LogP contribution in [-0.2, 0) is 6.42 Å². The van der Waals surface area contributed by atoms with E-state index in [9.17, 15) is 10.2 Å². The van der Waals surface area contributed by atoms with E-state index in [-0.39, 0.29) is 17.5 Å². The van der Waals surface area contributed by atoms with Crippen LogP contribution in [0.1, 0.15) is 22.7 Å². The highest BCUT2D eigenvalue weighted by molar-refractivity contribution is 5.48. The molecule has 1 aliphatic rings. The summed E-state index contributed by atoms with van der Waals surface area (Å²) in [5.41, 5.74) is 3.45. The van der Waals surface area contributed by atoms with Crippen molar-refractivity contribution in [2.24, 2.45) is 0 Å². The highest BCUT2D eigenvalue weighted by atomic mass is 16.3. The first-order chi connectivity index (χ1) is 8.75. The third-order valence-corrected chi connectivity index (χ3v) is 3.55. The molecule has 3 nitrogen and oxygen atoms in total. The first kappa shape index (κ1) is 11.1. The molecular formula is C15H16NO2+. The number of aromatic hydroxyl groups is 2. The number of nitrogens with two attached hydrogens (primary N) is 1. The van der Waals surface area contributed by atoms with E-state index >= 15 is 0 Å². The van der Waals surface area contributed by atoms with Gasteiger partial charge in [0.2, 0.25) is 0 Å². The number of benzene rings is 2. The van der Waals surface area contributed by atoms with Crippen LogP contribution in [0.5, 0.6) is 11.5 Å². The Hall–Kier alpha value is -2.00. The molecule has 0 aromatic heterocycles. The Morgan fingerprint density at radius 1 is 1.00 bits per heavy atom. The van der Waals surface area contributed by atoms with Crippen molar-refractivity contribution in [2.75, 3.05) is 6.54 Å². The Morgan fingerprint density at radius 2 is 1.72 bits per heavy atom. The Balaban J connectivity index is 2.09. The van der Waals surface area contributed by atoms with E-state index in [1.54, 1.807) is 12.1 Å². The molecule has 0 aliphatic carbocycles. The summed E-state index contributed by atoms with van der Waals surface area (Å²) in [5.74, 6) is -0.0626. The fraction of sp³-hybridized carbons (Fsp3) is 0.200. The fourth-order valence-electron chi connectivity index (χ4n) is 2.65. The van der Waals surface area contributed by atoms with Gasteiger partial charge >= 0.3 is 0 Å². The van der Waals surface area contributed by atoms with Gasteiger partial charge in [-0.2, -0.15) is 0 Å². The summed E-state index contributed by atoms with van der Waals surface area (Å²) in [6.07, 6.45) is 0.923. The van der Waals surface area contributed by atoms with Gasteiger partial charge in [-0.1, -0.05) is 30.3 Å². The van der Waals surface area contributed by atoms with Crippen molar-refractivity contribution in [3.63, 3.8) is 0 Å². The van der Waals surface area contributed by atoms with Gasteiger partial charge in [0.05, 0.1) is 6.54 Å². The van der Waals surface area contributed by atoms with Crippen LogP contribution in [-0.4, -0.2) is 16.8 Å². The number of fused-ring (bicyclic) bond motifs is 1. The minimum absolute atomic E-state index is 0.0255. The van der Waals surface area contributed by atoms with Crippen molar-refractivity contribution in [3.05, 3.63) is 59.2 Å². The lowest BCUT2D eigenvalue weighted by Gasteiger charge is -2.24. The summed E-state index contributed by atoms with van der Waals surface area (Å²) < 4.78 is 0. The van der Waals surface area contributed by atoms with E-state index in [1.807, 2.05) is 18.2 Å². The summed E-state index contributed by atoms with van der Waals surface area (Å²) in [6.45, 7) is 0.997. The molecule has 92 valence electrons. The van der Waals surface area contributed by atoms with Crippen molar-refractivity contribution in [1.82, 2.24) is 0 Å². The van der Waals surface area contributed by atoms with Crippen LogP contribution in [0.4, 0.5) is 0 Å². The lowest BCUT2D eigenvalue weighted by molar-refractivity contribution is -0.690. The molecule has 3 heteroatoms. The highest BCUT2D eigenvalue weighted by Gasteiger charge is 2.26. The quantitative estimate of drug-likeness (QED) is 0.660. The lowest BCUT2D eigenvalue weighted by Crippen LogP contribution is -2.87. The molecule has 1 atom stereocenters. The number of quaternary nitrogens is 1. The van der Waals surface area contributed by atoms with E-state index in [2.05, 4.69) is 17.4 Å². The number of rotatable bonds is 1. The lowest BCUT2D eigenvalue weighted by atomic mass is 9.89. The third-order valence-electron chi connectivity index (χ3n) is 3.55. The molecular weight excluding hydrogens is 226 g/mol. The van der Waals surface area contributed by atoms with E-state index < -0.39 is 0 Å². The summed E-state index contributed by atoms with van der Waals surface area (Å²) in [5, 5.41) is 21.5. The molecule has 0 saturated heterocycles. The summed E-state index contributed by atoms with van der Waals surface area (Å²) in [4.78, 5) is 0. The molecule has 0 radical (unpaired) electrons. The van der Waals surface area contributed by atoms with Crippen LogP contribution in [0, 0.1) is 0 Å². The molecule has 0 fully saturated rings. The minimum Gasteiger partial charge on any atom is -0.504 e. The molecule has 4 N–H and O–H groups in total. The van der Waals surface area contributed by atoms with Crippen LogP contribution in [0.15, 0.2) is 42.5 Å². The maximum absolute atomic E-state index is 9.68. The zero-order valence-corrected chi connectivity index (χ0v) is 10.0. The van der Waals surface area contributed by atoms with E-state index in [4.69, 9.17) is 0 Å². The Kier molecular flexibility index (Phi) is 2.68. The van der Waals surface area contributed by atoms with Crippen LogP contribution >= 0.6 is 0 Å². The average molecular weight is 242 g/mol. The van der Waals surface area contributed by atoms with Crippen LogP contribution in [0.25, 0.3) is 0 Å². The fourth-order valence-corrected chi connectivity index (χ4v) is 2.65. The summed E-state index contributed by atoms with van der Waals surface area (Å²) in [7, 11) is 0. The van der Waals surface area contributed by atoms with Gasteiger partial charge in [-0.3, -0.25) is 0 Å². The van der Waals surface area contributed by atoms with Gasteiger partial charge in [0, 0.05) is 17.5 Å². The van der Waals surface area contributed by atoms with Crippen molar-refractivity contribution in [3.8, 4) is 11.5 Å². The molecule has 2 aromatic rings. The summed E-state index contributed by atoms with van der Waals surface area (Å²) >= 11 is 0. The maximum atomic E-state index is 9.68. The van der Waals surface area contributed by atoms with Gasteiger partial charge in [0.25, 0.3) is 0 Å².